The minimum Gasteiger partial charge on any atom is -0.495 e. The highest BCUT2D eigenvalue weighted by atomic mass is 35.5. The zero-order valence-corrected chi connectivity index (χ0v) is 12.2. The lowest BCUT2D eigenvalue weighted by atomic mass is 10.2. The number of ether oxygens (including phenoxy) is 1. The van der Waals surface area contributed by atoms with Crippen molar-refractivity contribution in [2.75, 3.05) is 20.2 Å². The van der Waals surface area contributed by atoms with Gasteiger partial charge in [0.25, 0.3) is 0 Å². The normalized spacial score (nSPS) is 16.8. The highest BCUT2D eigenvalue weighted by molar-refractivity contribution is 7.89. The number of nitrogens with zero attached hydrogens (tertiary/aromatic N) is 1. The lowest BCUT2D eigenvalue weighted by Gasteiger charge is -2.19. The molecule has 0 saturated carbocycles. The molecule has 1 aromatic carbocycles. The smallest absolute Gasteiger partial charge is 0.246 e. The first kappa shape index (κ1) is 14.6. The molecule has 0 spiro atoms. The van der Waals surface area contributed by atoms with Crippen LogP contribution in [0.1, 0.15) is 18.4 Å². The summed E-state index contributed by atoms with van der Waals surface area (Å²) in [5, 5.41) is 9.55. The molecule has 1 saturated heterocycles. The van der Waals surface area contributed by atoms with Crippen LogP contribution in [0.4, 0.5) is 0 Å². The van der Waals surface area contributed by atoms with E-state index in [4.69, 9.17) is 16.3 Å². The van der Waals surface area contributed by atoms with Crippen LogP contribution in [0.15, 0.2) is 17.0 Å². The van der Waals surface area contributed by atoms with Gasteiger partial charge in [-0.15, -0.1) is 0 Å². The highest BCUT2D eigenvalue weighted by Gasteiger charge is 2.31. The molecule has 0 aromatic heterocycles. The molecule has 0 bridgehead atoms. The summed E-state index contributed by atoms with van der Waals surface area (Å²) >= 11 is 5.92. The van der Waals surface area contributed by atoms with Gasteiger partial charge in [0.15, 0.2) is 0 Å². The molecule has 0 unspecified atom stereocenters. The first-order chi connectivity index (χ1) is 9.00. The summed E-state index contributed by atoms with van der Waals surface area (Å²) in [6.45, 7) is 0.686. The fourth-order valence-corrected chi connectivity index (χ4v) is 4.28. The summed E-state index contributed by atoms with van der Waals surface area (Å²) in [5.41, 5.74) is 0.368. The van der Waals surface area contributed by atoms with Gasteiger partial charge in [0.2, 0.25) is 10.0 Å². The predicted octanol–water partition coefficient (Wildman–Crippen LogP) is 1.63. The van der Waals surface area contributed by atoms with Gasteiger partial charge in [-0.2, -0.15) is 4.31 Å². The molecule has 0 amide bonds. The van der Waals surface area contributed by atoms with Crippen molar-refractivity contribution in [2.24, 2.45) is 0 Å². The molecular formula is C12H16ClNO4S. The van der Waals surface area contributed by atoms with Crippen LogP contribution >= 0.6 is 11.6 Å². The quantitative estimate of drug-likeness (QED) is 0.918. The lowest BCUT2D eigenvalue weighted by Crippen LogP contribution is -2.28. The molecule has 19 heavy (non-hydrogen) atoms. The standard InChI is InChI=1S/C12H16ClNO4S/c1-18-12-9(8-15)6-10(13)7-11(12)19(16,17)14-4-2-3-5-14/h6-7,15H,2-5,8H2,1H3. The monoisotopic (exact) mass is 305 g/mol. The molecule has 106 valence electrons. The lowest BCUT2D eigenvalue weighted by molar-refractivity contribution is 0.272. The molecule has 0 aliphatic carbocycles. The molecule has 0 atom stereocenters. The first-order valence-corrected chi connectivity index (χ1v) is 7.80. The maximum atomic E-state index is 12.5. The van der Waals surface area contributed by atoms with Crippen LogP contribution in [0.3, 0.4) is 0 Å². The van der Waals surface area contributed by atoms with Crippen LogP contribution < -0.4 is 4.74 Å². The third-order valence-electron chi connectivity index (χ3n) is 3.15. The number of aliphatic hydroxyl groups excluding tert-OH is 1. The number of benzene rings is 1. The zero-order valence-electron chi connectivity index (χ0n) is 10.6. The second-order valence-corrected chi connectivity index (χ2v) is 6.71. The van der Waals surface area contributed by atoms with Crippen molar-refractivity contribution in [3.8, 4) is 5.75 Å². The topological polar surface area (TPSA) is 66.8 Å². The van der Waals surface area contributed by atoms with E-state index in [2.05, 4.69) is 0 Å². The number of aliphatic hydroxyl groups is 1. The summed E-state index contributed by atoms with van der Waals surface area (Å²) in [7, 11) is -2.24. The van der Waals surface area contributed by atoms with E-state index in [0.717, 1.165) is 12.8 Å². The van der Waals surface area contributed by atoms with Crippen molar-refractivity contribution < 1.29 is 18.3 Å². The average Bonchev–Trinajstić information content (AvgIpc) is 2.92. The highest BCUT2D eigenvalue weighted by Crippen LogP contribution is 2.34. The van der Waals surface area contributed by atoms with Crippen molar-refractivity contribution in [3.05, 3.63) is 22.7 Å². The van der Waals surface area contributed by atoms with Gasteiger partial charge in [0, 0.05) is 23.7 Å². The molecule has 1 aliphatic heterocycles. The third-order valence-corrected chi connectivity index (χ3v) is 5.28. The van der Waals surface area contributed by atoms with E-state index < -0.39 is 10.0 Å². The van der Waals surface area contributed by atoms with E-state index in [1.807, 2.05) is 0 Å². The molecular weight excluding hydrogens is 290 g/mol. The van der Waals surface area contributed by atoms with Crippen LogP contribution in [0, 0.1) is 0 Å². The Morgan fingerprint density at radius 3 is 2.53 bits per heavy atom. The Kier molecular flexibility index (Phi) is 4.35. The number of sulfonamides is 1. The summed E-state index contributed by atoms with van der Waals surface area (Å²) in [5.74, 6) is 0.166. The minimum atomic E-state index is -3.62. The SMILES string of the molecule is COc1c(CO)cc(Cl)cc1S(=O)(=O)N1CCCC1. The Balaban J connectivity index is 2.57. The Bertz CT molecular complexity index is 567. The van der Waals surface area contributed by atoms with Crippen LogP contribution in [0.25, 0.3) is 0 Å². The second kappa shape index (κ2) is 5.66. The Hall–Kier alpha value is -0.820. The first-order valence-electron chi connectivity index (χ1n) is 5.98. The van der Waals surface area contributed by atoms with Gasteiger partial charge in [-0.05, 0) is 25.0 Å². The van der Waals surface area contributed by atoms with E-state index in [0.29, 0.717) is 18.7 Å². The summed E-state index contributed by atoms with van der Waals surface area (Å²) < 4.78 is 31.6. The maximum Gasteiger partial charge on any atom is 0.246 e. The number of rotatable bonds is 4. The molecule has 7 heteroatoms. The molecule has 1 aliphatic rings. The average molecular weight is 306 g/mol. The Morgan fingerprint density at radius 2 is 2.00 bits per heavy atom. The van der Waals surface area contributed by atoms with Crippen molar-refractivity contribution in [1.29, 1.82) is 0 Å². The molecule has 1 N–H and O–H groups in total. The number of hydrogen-bond acceptors (Lipinski definition) is 4. The van der Waals surface area contributed by atoms with Crippen molar-refractivity contribution in [2.45, 2.75) is 24.3 Å². The fraction of sp³-hybridized carbons (Fsp3) is 0.500. The van der Waals surface area contributed by atoms with Crippen LogP contribution in [0.2, 0.25) is 5.02 Å². The molecule has 5 nitrogen and oxygen atoms in total. The molecule has 1 aromatic rings. The second-order valence-electron chi connectivity index (χ2n) is 4.37. The Morgan fingerprint density at radius 1 is 1.37 bits per heavy atom. The van der Waals surface area contributed by atoms with Gasteiger partial charge in [0.05, 0.1) is 13.7 Å². The van der Waals surface area contributed by atoms with Crippen molar-refractivity contribution in [3.63, 3.8) is 0 Å². The number of halogens is 1. The van der Waals surface area contributed by atoms with Crippen molar-refractivity contribution in [1.82, 2.24) is 4.31 Å². The Labute approximate surface area is 117 Å². The number of methoxy groups -OCH3 is 1. The third kappa shape index (κ3) is 2.72. The van der Waals surface area contributed by atoms with Gasteiger partial charge in [-0.25, -0.2) is 8.42 Å². The molecule has 1 heterocycles. The van der Waals surface area contributed by atoms with Gasteiger partial charge in [-0.3, -0.25) is 0 Å². The summed E-state index contributed by atoms with van der Waals surface area (Å²) in [6, 6.07) is 2.87. The van der Waals surface area contributed by atoms with Gasteiger partial charge in [-0.1, -0.05) is 11.6 Å². The van der Waals surface area contributed by atoms with E-state index in [9.17, 15) is 13.5 Å². The minimum absolute atomic E-state index is 0.0217. The van der Waals surface area contributed by atoms with Gasteiger partial charge in [0.1, 0.15) is 10.6 Å². The molecule has 2 rings (SSSR count). The van der Waals surface area contributed by atoms with Gasteiger partial charge >= 0.3 is 0 Å². The van der Waals surface area contributed by atoms with E-state index >= 15 is 0 Å². The van der Waals surface area contributed by atoms with Crippen molar-refractivity contribution >= 4 is 21.6 Å². The van der Waals surface area contributed by atoms with E-state index in [1.165, 1.54) is 23.5 Å². The molecule has 1 fully saturated rings. The van der Waals surface area contributed by atoms with E-state index in [1.54, 1.807) is 0 Å². The predicted molar refractivity (Wildman–Crippen MR) is 71.9 cm³/mol. The van der Waals surface area contributed by atoms with Crippen LogP contribution in [-0.4, -0.2) is 38.0 Å². The summed E-state index contributed by atoms with van der Waals surface area (Å²) in [4.78, 5) is 0.0217. The largest absolute Gasteiger partial charge is 0.495 e. The van der Waals surface area contributed by atoms with Gasteiger partial charge < -0.3 is 9.84 Å². The number of hydrogen-bond donors (Lipinski definition) is 1. The maximum absolute atomic E-state index is 12.5. The fourth-order valence-electron chi connectivity index (χ4n) is 2.23. The summed E-state index contributed by atoms with van der Waals surface area (Å²) in [6.07, 6.45) is 1.71. The molecule has 0 radical (unpaired) electrons. The zero-order chi connectivity index (χ0) is 14.0. The van der Waals surface area contributed by atoms with Crippen LogP contribution in [0.5, 0.6) is 5.75 Å². The van der Waals surface area contributed by atoms with Crippen LogP contribution in [-0.2, 0) is 16.6 Å². The van der Waals surface area contributed by atoms with E-state index in [-0.39, 0.29) is 22.3 Å².